The fourth-order valence-electron chi connectivity index (χ4n) is 4.31. The number of anilines is 1. The van der Waals surface area contributed by atoms with E-state index >= 15 is 0 Å². The van der Waals surface area contributed by atoms with E-state index in [1.807, 2.05) is 16.4 Å². The molecule has 1 aliphatic rings. The quantitative estimate of drug-likeness (QED) is 0.565. The molecule has 0 spiro atoms. The standard InChI is InChI=1S/C21H22FN7O/c1-12-17(10-23-21(25-12)28-8-4-5-16(28)20(30)27(2)3)29-15-7-6-13(22)9-14(15)19-18(29)11-24-26-19/h6-7,9-11,16H,4-5,8H2,1-3H3,(H,24,26)/t16-/m0/s1. The SMILES string of the molecule is Cc1nc(N2CCC[C@H]2C(=O)N(C)C)ncc1-n1c2ccc(F)cc2c2[nH]ncc21. The molecule has 4 heterocycles. The lowest BCUT2D eigenvalue weighted by Gasteiger charge is -2.26. The van der Waals surface area contributed by atoms with Gasteiger partial charge < -0.3 is 14.4 Å². The van der Waals surface area contributed by atoms with Gasteiger partial charge in [-0.3, -0.25) is 9.89 Å². The van der Waals surface area contributed by atoms with Crippen molar-refractivity contribution >= 4 is 33.8 Å². The van der Waals surface area contributed by atoms with Crippen LogP contribution in [0.25, 0.3) is 27.6 Å². The van der Waals surface area contributed by atoms with E-state index in [1.165, 1.54) is 12.1 Å². The van der Waals surface area contributed by atoms with Crippen LogP contribution in [-0.2, 0) is 4.79 Å². The second-order valence-electron chi connectivity index (χ2n) is 7.85. The van der Waals surface area contributed by atoms with Crippen molar-refractivity contribution in [3.63, 3.8) is 0 Å². The Morgan fingerprint density at radius 2 is 2.10 bits per heavy atom. The summed E-state index contributed by atoms with van der Waals surface area (Å²) in [5.74, 6) is 0.321. The van der Waals surface area contributed by atoms with Gasteiger partial charge in [-0.25, -0.2) is 14.4 Å². The number of amides is 1. The van der Waals surface area contributed by atoms with Crippen LogP contribution in [0.15, 0.2) is 30.6 Å². The summed E-state index contributed by atoms with van der Waals surface area (Å²) in [6.45, 7) is 2.67. The number of hydrogen-bond donors (Lipinski definition) is 1. The molecule has 3 aromatic heterocycles. The van der Waals surface area contributed by atoms with Gasteiger partial charge in [0.1, 0.15) is 11.9 Å². The Balaban J connectivity index is 1.61. The Kier molecular flexibility index (Phi) is 4.19. The number of fused-ring (bicyclic) bond motifs is 3. The maximum Gasteiger partial charge on any atom is 0.244 e. The minimum atomic E-state index is -0.301. The van der Waals surface area contributed by atoms with Gasteiger partial charge in [0.15, 0.2) is 0 Å². The molecular weight excluding hydrogens is 385 g/mol. The number of hydrogen-bond acceptors (Lipinski definition) is 5. The van der Waals surface area contributed by atoms with Crippen LogP contribution in [0.2, 0.25) is 0 Å². The lowest BCUT2D eigenvalue weighted by Crippen LogP contribution is -2.43. The molecule has 0 radical (unpaired) electrons. The van der Waals surface area contributed by atoms with Crippen molar-refractivity contribution in [2.45, 2.75) is 25.8 Å². The summed E-state index contributed by atoms with van der Waals surface area (Å²) in [7, 11) is 3.54. The van der Waals surface area contributed by atoms with Crippen molar-refractivity contribution in [2.75, 3.05) is 25.5 Å². The molecule has 1 aromatic carbocycles. The number of halogens is 1. The first-order valence-corrected chi connectivity index (χ1v) is 9.90. The Hall–Kier alpha value is -3.49. The number of benzene rings is 1. The molecule has 1 fully saturated rings. The number of H-pyrrole nitrogens is 1. The zero-order valence-electron chi connectivity index (χ0n) is 17.1. The average molecular weight is 407 g/mol. The highest BCUT2D eigenvalue weighted by molar-refractivity contribution is 6.06. The monoisotopic (exact) mass is 407 g/mol. The summed E-state index contributed by atoms with van der Waals surface area (Å²) in [5, 5.41) is 7.83. The first kappa shape index (κ1) is 18.5. The van der Waals surface area contributed by atoms with E-state index in [0.29, 0.717) is 5.95 Å². The van der Waals surface area contributed by atoms with Crippen molar-refractivity contribution in [1.29, 1.82) is 0 Å². The molecular formula is C21H22FN7O. The summed E-state index contributed by atoms with van der Waals surface area (Å²) >= 11 is 0. The molecule has 0 aliphatic carbocycles. The molecule has 4 aromatic rings. The van der Waals surface area contributed by atoms with Gasteiger partial charge >= 0.3 is 0 Å². The van der Waals surface area contributed by atoms with Gasteiger partial charge in [-0.05, 0) is 38.0 Å². The van der Waals surface area contributed by atoms with Crippen LogP contribution in [0.4, 0.5) is 10.3 Å². The smallest absolute Gasteiger partial charge is 0.244 e. The highest BCUT2D eigenvalue weighted by atomic mass is 19.1. The highest BCUT2D eigenvalue weighted by Gasteiger charge is 2.33. The number of carbonyl (C=O) groups is 1. The van der Waals surface area contributed by atoms with Crippen molar-refractivity contribution in [3.8, 4) is 5.69 Å². The van der Waals surface area contributed by atoms with E-state index < -0.39 is 0 Å². The Morgan fingerprint density at radius 3 is 2.87 bits per heavy atom. The number of rotatable bonds is 3. The van der Waals surface area contributed by atoms with Crippen LogP contribution in [0.3, 0.4) is 0 Å². The minimum absolute atomic E-state index is 0.0661. The van der Waals surface area contributed by atoms with Crippen LogP contribution in [0, 0.1) is 12.7 Å². The third-order valence-corrected chi connectivity index (χ3v) is 5.75. The predicted octanol–water partition coefficient (Wildman–Crippen LogP) is 2.80. The van der Waals surface area contributed by atoms with Gasteiger partial charge in [0.2, 0.25) is 11.9 Å². The Bertz CT molecular complexity index is 1280. The Morgan fingerprint density at radius 1 is 1.27 bits per heavy atom. The van der Waals surface area contributed by atoms with E-state index in [4.69, 9.17) is 4.98 Å². The molecule has 0 unspecified atom stereocenters. The molecule has 0 bridgehead atoms. The van der Waals surface area contributed by atoms with Gasteiger partial charge in [-0.2, -0.15) is 5.10 Å². The molecule has 30 heavy (non-hydrogen) atoms. The number of carbonyl (C=O) groups excluding carboxylic acids is 1. The van der Waals surface area contributed by atoms with E-state index in [0.717, 1.165) is 52.7 Å². The van der Waals surface area contributed by atoms with Crippen molar-refractivity contribution in [3.05, 3.63) is 42.1 Å². The van der Waals surface area contributed by atoms with E-state index in [-0.39, 0.29) is 17.8 Å². The third kappa shape index (κ3) is 2.72. The fraction of sp³-hybridized carbons (Fsp3) is 0.333. The summed E-state index contributed by atoms with van der Waals surface area (Å²) in [4.78, 5) is 25.5. The molecule has 1 amide bonds. The first-order chi connectivity index (χ1) is 14.5. The average Bonchev–Trinajstić information content (AvgIpc) is 3.43. The van der Waals surface area contributed by atoms with Gasteiger partial charge in [0.05, 0.1) is 40.3 Å². The largest absolute Gasteiger partial charge is 0.347 e. The zero-order valence-corrected chi connectivity index (χ0v) is 17.1. The maximum absolute atomic E-state index is 13.8. The van der Waals surface area contributed by atoms with Crippen molar-refractivity contribution in [2.24, 2.45) is 0 Å². The van der Waals surface area contributed by atoms with Crippen molar-refractivity contribution in [1.82, 2.24) is 29.6 Å². The lowest BCUT2D eigenvalue weighted by atomic mass is 10.2. The van der Waals surface area contributed by atoms with Gasteiger partial charge in [0.25, 0.3) is 0 Å². The molecule has 8 nitrogen and oxygen atoms in total. The van der Waals surface area contributed by atoms with Crippen LogP contribution < -0.4 is 4.90 Å². The summed E-state index contributed by atoms with van der Waals surface area (Å²) in [6.07, 6.45) is 5.21. The van der Waals surface area contributed by atoms with Gasteiger partial charge in [-0.15, -0.1) is 0 Å². The number of aromatic nitrogens is 5. The molecule has 9 heteroatoms. The molecule has 1 aliphatic heterocycles. The summed E-state index contributed by atoms with van der Waals surface area (Å²) < 4.78 is 15.8. The summed E-state index contributed by atoms with van der Waals surface area (Å²) in [5.41, 5.74) is 4.01. The number of likely N-dealkylation sites (N-methyl/N-ethyl adjacent to an activating group) is 1. The van der Waals surface area contributed by atoms with Crippen LogP contribution in [-0.4, -0.2) is 62.2 Å². The minimum Gasteiger partial charge on any atom is -0.347 e. The topological polar surface area (TPSA) is 82.9 Å². The molecule has 1 atom stereocenters. The van der Waals surface area contributed by atoms with E-state index in [1.54, 1.807) is 37.5 Å². The number of aromatic amines is 1. The Labute approximate surface area is 172 Å². The second kappa shape index (κ2) is 6.79. The molecule has 5 rings (SSSR count). The fourth-order valence-corrected chi connectivity index (χ4v) is 4.31. The van der Waals surface area contributed by atoms with Crippen molar-refractivity contribution < 1.29 is 9.18 Å². The van der Waals surface area contributed by atoms with E-state index in [9.17, 15) is 9.18 Å². The van der Waals surface area contributed by atoms with E-state index in [2.05, 4.69) is 15.2 Å². The van der Waals surface area contributed by atoms with Gasteiger partial charge in [0, 0.05) is 26.0 Å². The number of nitrogens with zero attached hydrogens (tertiary/aromatic N) is 6. The normalized spacial score (nSPS) is 16.7. The molecule has 0 saturated carbocycles. The van der Waals surface area contributed by atoms with Crippen LogP contribution in [0.1, 0.15) is 18.5 Å². The van der Waals surface area contributed by atoms with Crippen LogP contribution in [0.5, 0.6) is 0 Å². The zero-order chi connectivity index (χ0) is 21.0. The van der Waals surface area contributed by atoms with Crippen LogP contribution >= 0.6 is 0 Å². The third-order valence-electron chi connectivity index (χ3n) is 5.75. The summed E-state index contributed by atoms with van der Waals surface area (Å²) in [6, 6.07) is 4.45. The predicted molar refractivity (Wildman–Crippen MR) is 112 cm³/mol. The first-order valence-electron chi connectivity index (χ1n) is 9.90. The molecule has 1 saturated heterocycles. The molecule has 1 N–H and O–H groups in total. The number of aryl methyl sites for hydroxylation is 1. The van der Waals surface area contributed by atoms with Gasteiger partial charge in [-0.1, -0.05) is 0 Å². The second-order valence-corrected chi connectivity index (χ2v) is 7.85. The lowest BCUT2D eigenvalue weighted by molar-refractivity contribution is -0.129. The highest BCUT2D eigenvalue weighted by Crippen LogP contribution is 2.32. The maximum atomic E-state index is 13.8. The molecule has 154 valence electrons. The number of nitrogens with one attached hydrogen (secondary N) is 1.